The van der Waals surface area contributed by atoms with Crippen molar-refractivity contribution >= 4 is 22.6 Å². The number of likely N-dealkylation sites (N-methyl/N-ethyl adjacent to an activating group) is 1. The number of hydrogen-bond acceptors (Lipinski definition) is 4. The van der Waals surface area contributed by atoms with Gasteiger partial charge in [0.05, 0.1) is 5.69 Å². The molecule has 4 aromatic rings. The summed E-state index contributed by atoms with van der Waals surface area (Å²) in [5.74, 6) is -0.288. The molecule has 0 bridgehead atoms. The van der Waals surface area contributed by atoms with E-state index in [1.807, 2.05) is 69.4 Å². The minimum atomic E-state index is -0.157. The Morgan fingerprint density at radius 2 is 1.80 bits per heavy atom. The van der Waals surface area contributed by atoms with E-state index in [9.17, 15) is 9.59 Å². The van der Waals surface area contributed by atoms with Crippen molar-refractivity contribution in [3.8, 4) is 0 Å². The second-order valence-electron chi connectivity index (χ2n) is 8.67. The molecule has 180 valence electrons. The van der Waals surface area contributed by atoms with Crippen LogP contribution >= 0.6 is 0 Å². The Bertz CT molecular complexity index is 1310. The largest absolute Gasteiger partial charge is 0.351 e. The molecule has 0 aliphatic carbocycles. The van der Waals surface area contributed by atoms with E-state index in [1.54, 1.807) is 21.8 Å². The maximum atomic E-state index is 13.6. The van der Waals surface area contributed by atoms with Crippen LogP contribution in [0.4, 0.5) is 0 Å². The van der Waals surface area contributed by atoms with Crippen molar-refractivity contribution in [3.63, 3.8) is 0 Å². The third-order valence-corrected chi connectivity index (χ3v) is 6.26. The Labute approximate surface area is 205 Å². The van der Waals surface area contributed by atoms with Crippen LogP contribution in [-0.4, -0.2) is 51.1 Å². The van der Waals surface area contributed by atoms with Gasteiger partial charge in [-0.1, -0.05) is 54.6 Å². The van der Waals surface area contributed by atoms with Gasteiger partial charge in [0.2, 0.25) is 0 Å². The molecule has 2 amide bonds. The highest BCUT2D eigenvalue weighted by atomic mass is 16.2. The minimum Gasteiger partial charge on any atom is -0.351 e. The number of carbonyl (C=O) groups excluding carboxylic acids is 2. The maximum Gasteiger partial charge on any atom is 0.273 e. The summed E-state index contributed by atoms with van der Waals surface area (Å²) in [5.41, 5.74) is 2.94. The van der Waals surface area contributed by atoms with Gasteiger partial charge < -0.3 is 10.2 Å². The number of carbonyl (C=O) groups is 2. The van der Waals surface area contributed by atoms with Crippen LogP contribution in [0, 0.1) is 6.92 Å². The Kier molecular flexibility index (Phi) is 7.55. The van der Waals surface area contributed by atoms with Gasteiger partial charge in [0.25, 0.3) is 11.8 Å². The zero-order valence-electron chi connectivity index (χ0n) is 20.4. The Balaban J connectivity index is 1.52. The summed E-state index contributed by atoms with van der Waals surface area (Å²) in [5, 5.41) is 9.18. The van der Waals surface area contributed by atoms with E-state index in [2.05, 4.69) is 27.5 Å². The van der Waals surface area contributed by atoms with Crippen LogP contribution in [0.5, 0.6) is 0 Å². The summed E-state index contributed by atoms with van der Waals surface area (Å²) in [4.78, 5) is 32.5. The first-order valence-corrected chi connectivity index (χ1v) is 12.0. The summed E-state index contributed by atoms with van der Waals surface area (Å²) in [7, 11) is 1.82. The monoisotopic (exact) mass is 469 g/mol. The third-order valence-electron chi connectivity index (χ3n) is 6.26. The number of rotatable bonds is 9. The highest BCUT2D eigenvalue weighted by molar-refractivity contribution is 6.05. The molecule has 0 saturated carbocycles. The quantitative estimate of drug-likeness (QED) is 0.397. The van der Waals surface area contributed by atoms with E-state index < -0.39 is 0 Å². The molecule has 1 unspecified atom stereocenters. The number of benzene rings is 2. The van der Waals surface area contributed by atoms with Gasteiger partial charge in [-0.25, -0.2) is 0 Å². The zero-order chi connectivity index (χ0) is 24.8. The van der Waals surface area contributed by atoms with Crippen molar-refractivity contribution in [2.24, 2.45) is 0 Å². The van der Waals surface area contributed by atoms with Gasteiger partial charge in [0, 0.05) is 37.8 Å². The predicted molar refractivity (Wildman–Crippen MR) is 137 cm³/mol. The van der Waals surface area contributed by atoms with Crippen LogP contribution in [0.25, 0.3) is 10.8 Å². The van der Waals surface area contributed by atoms with Crippen molar-refractivity contribution in [3.05, 3.63) is 95.6 Å². The molecule has 4 rings (SSSR count). The average Bonchev–Trinajstić information content (AvgIpc) is 3.28. The molecule has 0 spiro atoms. The smallest absolute Gasteiger partial charge is 0.273 e. The van der Waals surface area contributed by atoms with Crippen LogP contribution in [0.3, 0.4) is 0 Å². The number of aryl methyl sites for hydroxylation is 2. The topological polar surface area (TPSA) is 80.1 Å². The van der Waals surface area contributed by atoms with Gasteiger partial charge in [-0.3, -0.25) is 19.3 Å². The Hall–Kier alpha value is -4.00. The van der Waals surface area contributed by atoms with Crippen molar-refractivity contribution < 1.29 is 9.59 Å². The van der Waals surface area contributed by atoms with Crippen molar-refractivity contribution in [1.29, 1.82) is 0 Å². The number of nitrogens with one attached hydrogen (secondary N) is 1. The summed E-state index contributed by atoms with van der Waals surface area (Å²) in [6, 6.07) is 21.4. The Morgan fingerprint density at radius 1 is 1.06 bits per heavy atom. The van der Waals surface area contributed by atoms with Gasteiger partial charge in [-0.2, -0.15) is 5.10 Å². The molecule has 7 nitrogen and oxygen atoms in total. The van der Waals surface area contributed by atoms with E-state index in [0.29, 0.717) is 37.3 Å². The molecular formula is C28H31N5O2. The fraction of sp³-hybridized carbons (Fsp3) is 0.286. The maximum absolute atomic E-state index is 13.6. The van der Waals surface area contributed by atoms with Crippen molar-refractivity contribution in [2.45, 2.75) is 39.3 Å². The zero-order valence-corrected chi connectivity index (χ0v) is 20.4. The van der Waals surface area contributed by atoms with Crippen molar-refractivity contribution in [1.82, 2.24) is 25.0 Å². The number of pyridine rings is 1. The van der Waals surface area contributed by atoms with Crippen LogP contribution < -0.4 is 5.32 Å². The molecule has 2 aromatic carbocycles. The van der Waals surface area contributed by atoms with E-state index >= 15 is 0 Å². The number of hydrogen-bond donors (Lipinski definition) is 1. The molecule has 0 aliphatic heterocycles. The second kappa shape index (κ2) is 11.0. The fourth-order valence-corrected chi connectivity index (χ4v) is 4.35. The highest BCUT2D eigenvalue weighted by Gasteiger charge is 2.24. The lowest BCUT2D eigenvalue weighted by Gasteiger charge is -2.29. The molecule has 1 N–H and O–H groups in total. The van der Waals surface area contributed by atoms with Gasteiger partial charge in [-0.05, 0) is 49.8 Å². The molecule has 0 aliphatic rings. The lowest BCUT2D eigenvalue weighted by molar-refractivity contribution is 0.0719. The van der Waals surface area contributed by atoms with E-state index in [1.165, 1.54) is 0 Å². The second-order valence-corrected chi connectivity index (χ2v) is 8.67. The van der Waals surface area contributed by atoms with Gasteiger partial charge in [-0.15, -0.1) is 0 Å². The molecule has 35 heavy (non-hydrogen) atoms. The first kappa shape index (κ1) is 24.1. The summed E-state index contributed by atoms with van der Waals surface area (Å²) in [6.45, 7) is 4.90. The SMILES string of the molecule is CCn1nc(C)cc1C(=O)NCCC(Cc1ccccc1)N(C)C(=O)c1nccc2ccccc12. The highest BCUT2D eigenvalue weighted by Crippen LogP contribution is 2.20. The average molecular weight is 470 g/mol. The minimum absolute atomic E-state index is 0.121. The van der Waals surface area contributed by atoms with Crippen molar-refractivity contribution in [2.75, 3.05) is 13.6 Å². The number of amides is 2. The first-order chi connectivity index (χ1) is 17.0. The van der Waals surface area contributed by atoms with E-state index in [0.717, 1.165) is 22.0 Å². The molecule has 2 aromatic heterocycles. The summed E-state index contributed by atoms with van der Waals surface area (Å²) >= 11 is 0. The van der Waals surface area contributed by atoms with E-state index in [4.69, 9.17) is 0 Å². The molecule has 2 heterocycles. The Morgan fingerprint density at radius 3 is 2.57 bits per heavy atom. The molecule has 0 radical (unpaired) electrons. The first-order valence-electron chi connectivity index (χ1n) is 12.0. The van der Waals surface area contributed by atoms with Crippen LogP contribution in [0.1, 0.15) is 45.6 Å². The van der Waals surface area contributed by atoms with E-state index in [-0.39, 0.29) is 17.9 Å². The molecule has 1 atom stereocenters. The predicted octanol–water partition coefficient (Wildman–Crippen LogP) is 4.26. The van der Waals surface area contributed by atoms with Crippen LogP contribution in [-0.2, 0) is 13.0 Å². The third kappa shape index (κ3) is 5.57. The molecular weight excluding hydrogens is 438 g/mol. The van der Waals surface area contributed by atoms with Crippen LogP contribution in [0.2, 0.25) is 0 Å². The number of fused-ring (bicyclic) bond motifs is 1. The number of nitrogens with zero attached hydrogens (tertiary/aromatic N) is 4. The summed E-state index contributed by atoms with van der Waals surface area (Å²) < 4.78 is 1.70. The molecule has 0 saturated heterocycles. The number of aromatic nitrogens is 3. The van der Waals surface area contributed by atoms with Gasteiger partial charge in [0.15, 0.2) is 0 Å². The lowest BCUT2D eigenvalue weighted by Crippen LogP contribution is -2.41. The summed E-state index contributed by atoms with van der Waals surface area (Å²) in [6.07, 6.45) is 2.96. The molecule has 0 fully saturated rings. The lowest BCUT2D eigenvalue weighted by atomic mass is 10.0. The molecule has 7 heteroatoms. The van der Waals surface area contributed by atoms with Gasteiger partial charge >= 0.3 is 0 Å². The normalized spacial score (nSPS) is 11.9. The van der Waals surface area contributed by atoms with Crippen LogP contribution in [0.15, 0.2) is 72.9 Å². The standard InChI is InChI=1S/C28H31N5O2/c1-4-33-25(18-20(2)31-33)27(34)30-17-15-23(19-21-10-6-5-7-11-21)32(3)28(35)26-24-13-9-8-12-22(24)14-16-29-26/h5-14,16,18,23H,4,15,17,19H2,1-3H3,(H,30,34). The fourth-order valence-electron chi connectivity index (χ4n) is 4.35. The van der Waals surface area contributed by atoms with Gasteiger partial charge in [0.1, 0.15) is 11.4 Å².